The molecule has 0 spiro atoms. The van der Waals surface area contributed by atoms with Gasteiger partial charge in [-0.3, -0.25) is 9.69 Å². The van der Waals surface area contributed by atoms with Crippen LogP contribution in [0.2, 0.25) is 5.02 Å². The molecule has 1 aromatic carbocycles. The number of aryl methyl sites for hydroxylation is 1. The molecule has 0 aromatic heterocycles. The molecule has 5 nitrogen and oxygen atoms in total. The number of likely N-dealkylation sites (N-methyl/N-ethyl adjacent to an activating group) is 1. The van der Waals surface area contributed by atoms with Crippen LogP contribution in [0, 0.1) is 12.8 Å². The summed E-state index contributed by atoms with van der Waals surface area (Å²) in [5.41, 5.74) is 1.49. The molecule has 0 radical (unpaired) electrons. The summed E-state index contributed by atoms with van der Waals surface area (Å²) in [6.45, 7) is 7.53. The first-order valence-corrected chi connectivity index (χ1v) is 8.70. The largest absolute Gasteiger partial charge is 0.389 e. The molecular weight excluding hydrogens is 328 g/mol. The Morgan fingerprint density at radius 3 is 2.42 bits per heavy atom. The van der Waals surface area contributed by atoms with Gasteiger partial charge in [0.1, 0.15) is 0 Å². The van der Waals surface area contributed by atoms with Crippen molar-refractivity contribution in [3.63, 3.8) is 0 Å². The van der Waals surface area contributed by atoms with E-state index < -0.39 is 12.2 Å². The highest BCUT2D eigenvalue weighted by molar-refractivity contribution is 6.31. The van der Waals surface area contributed by atoms with Crippen molar-refractivity contribution in [2.24, 2.45) is 5.92 Å². The fraction of sp³-hybridized carbons (Fsp3) is 0.611. The van der Waals surface area contributed by atoms with Crippen LogP contribution >= 0.6 is 11.6 Å². The zero-order chi connectivity index (χ0) is 18.0. The summed E-state index contributed by atoms with van der Waals surface area (Å²) in [5, 5.41) is 20.1. The van der Waals surface area contributed by atoms with Gasteiger partial charge < -0.3 is 15.1 Å². The van der Waals surface area contributed by atoms with E-state index in [-0.39, 0.29) is 17.9 Å². The fourth-order valence-electron chi connectivity index (χ4n) is 3.17. The molecule has 1 unspecified atom stereocenters. The van der Waals surface area contributed by atoms with E-state index in [1.54, 1.807) is 24.1 Å². The Labute approximate surface area is 148 Å². The predicted octanol–water partition coefficient (Wildman–Crippen LogP) is 1.78. The van der Waals surface area contributed by atoms with Crippen LogP contribution < -0.4 is 0 Å². The molecule has 1 aliphatic rings. The molecule has 0 saturated carbocycles. The standard InChI is InChI=1S/C18H27ClN2O3/c1-11(2)15(8-21-9-16(22)17(23)10-21)20(4)18(24)13-5-6-14(19)12(3)7-13/h5-7,11,15-17,22-23H,8-10H2,1-4H3/t15?,16-,17-/m1/s1. The maximum atomic E-state index is 12.8. The van der Waals surface area contributed by atoms with Gasteiger partial charge in [0, 0.05) is 43.3 Å². The second-order valence-corrected chi connectivity index (χ2v) is 7.45. The molecule has 134 valence electrons. The SMILES string of the molecule is Cc1cc(C(=O)N(C)C(CN2C[C@@H](O)[C@H](O)C2)C(C)C)ccc1Cl. The van der Waals surface area contributed by atoms with Gasteiger partial charge in [-0.1, -0.05) is 25.4 Å². The van der Waals surface area contributed by atoms with Crippen LogP contribution in [0.5, 0.6) is 0 Å². The molecule has 6 heteroatoms. The van der Waals surface area contributed by atoms with Gasteiger partial charge in [0.25, 0.3) is 5.91 Å². The quantitative estimate of drug-likeness (QED) is 0.846. The van der Waals surface area contributed by atoms with Gasteiger partial charge in [-0.05, 0) is 36.6 Å². The third-order valence-electron chi connectivity index (χ3n) is 4.77. The Hall–Kier alpha value is -1.14. The Kier molecular flexibility index (Phi) is 6.26. The Morgan fingerprint density at radius 1 is 1.33 bits per heavy atom. The van der Waals surface area contributed by atoms with Crippen LogP contribution in [-0.2, 0) is 0 Å². The molecule has 24 heavy (non-hydrogen) atoms. The summed E-state index contributed by atoms with van der Waals surface area (Å²) >= 11 is 6.04. The number of carbonyl (C=O) groups is 1. The first kappa shape index (κ1) is 19.2. The molecule has 1 heterocycles. The minimum atomic E-state index is -0.710. The molecule has 1 amide bonds. The van der Waals surface area contributed by atoms with Crippen LogP contribution in [0.3, 0.4) is 0 Å². The maximum absolute atomic E-state index is 12.8. The zero-order valence-corrected chi connectivity index (χ0v) is 15.5. The van der Waals surface area contributed by atoms with Crippen LogP contribution in [0.4, 0.5) is 0 Å². The predicted molar refractivity (Wildman–Crippen MR) is 95.4 cm³/mol. The number of amides is 1. The Morgan fingerprint density at radius 2 is 1.92 bits per heavy atom. The molecule has 3 atom stereocenters. The van der Waals surface area contributed by atoms with Crippen LogP contribution in [0.25, 0.3) is 0 Å². The van der Waals surface area contributed by atoms with Gasteiger partial charge in [-0.15, -0.1) is 0 Å². The number of rotatable bonds is 5. The number of benzene rings is 1. The van der Waals surface area contributed by atoms with Gasteiger partial charge in [0.05, 0.1) is 12.2 Å². The minimum Gasteiger partial charge on any atom is -0.389 e. The number of hydrogen-bond donors (Lipinski definition) is 2. The molecule has 2 rings (SSSR count). The van der Waals surface area contributed by atoms with Crippen molar-refractivity contribution in [3.05, 3.63) is 34.3 Å². The van der Waals surface area contributed by atoms with Crippen LogP contribution in [-0.4, -0.2) is 70.9 Å². The van der Waals surface area contributed by atoms with E-state index in [0.29, 0.717) is 30.2 Å². The molecule has 1 saturated heterocycles. The van der Waals surface area contributed by atoms with Crippen molar-refractivity contribution in [1.29, 1.82) is 0 Å². The van der Waals surface area contributed by atoms with E-state index >= 15 is 0 Å². The van der Waals surface area contributed by atoms with Gasteiger partial charge in [-0.2, -0.15) is 0 Å². The molecule has 1 aromatic rings. The average molecular weight is 355 g/mol. The fourth-order valence-corrected chi connectivity index (χ4v) is 3.29. The topological polar surface area (TPSA) is 64.0 Å². The number of halogens is 1. The lowest BCUT2D eigenvalue weighted by atomic mass is 10.0. The summed E-state index contributed by atoms with van der Waals surface area (Å²) < 4.78 is 0. The highest BCUT2D eigenvalue weighted by atomic mass is 35.5. The van der Waals surface area contributed by atoms with Crippen molar-refractivity contribution in [2.45, 2.75) is 39.0 Å². The summed E-state index contributed by atoms with van der Waals surface area (Å²) in [5.74, 6) is 0.205. The lowest BCUT2D eigenvalue weighted by Crippen LogP contribution is -2.47. The second kappa shape index (κ2) is 7.83. The normalized spacial score (nSPS) is 22.8. The van der Waals surface area contributed by atoms with Crippen LogP contribution in [0.15, 0.2) is 18.2 Å². The van der Waals surface area contributed by atoms with E-state index in [1.165, 1.54) is 0 Å². The van der Waals surface area contributed by atoms with Crippen molar-refractivity contribution in [3.8, 4) is 0 Å². The lowest BCUT2D eigenvalue weighted by Gasteiger charge is -2.34. The van der Waals surface area contributed by atoms with Gasteiger partial charge in [0.15, 0.2) is 0 Å². The van der Waals surface area contributed by atoms with E-state index in [2.05, 4.69) is 13.8 Å². The molecule has 0 aliphatic carbocycles. The molecule has 2 N–H and O–H groups in total. The molecule has 0 bridgehead atoms. The van der Waals surface area contributed by atoms with Crippen molar-refractivity contribution in [2.75, 3.05) is 26.7 Å². The van der Waals surface area contributed by atoms with Gasteiger partial charge >= 0.3 is 0 Å². The average Bonchev–Trinajstić information content (AvgIpc) is 2.84. The number of aliphatic hydroxyl groups excluding tert-OH is 2. The molecule has 1 aliphatic heterocycles. The van der Waals surface area contributed by atoms with E-state index in [9.17, 15) is 15.0 Å². The number of β-amino-alcohol motifs (C(OH)–C–C–N with tert-alkyl or cyclic N) is 2. The van der Waals surface area contributed by atoms with E-state index in [1.807, 2.05) is 17.9 Å². The number of carbonyl (C=O) groups excluding carboxylic acids is 1. The van der Waals surface area contributed by atoms with Crippen molar-refractivity contribution >= 4 is 17.5 Å². The summed E-state index contributed by atoms with van der Waals surface area (Å²) in [4.78, 5) is 16.6. The van der Waals surface area contributed by atoms with Gasteiger partial charge in [-0.25, -0.2) is 0 Å². The number of nitrogens with zero attached hydrogens (tertiary/aromatic N) is 2. The summed E-state index contributed by atoms with van der Waals surface area (Å²) in [6, 6.07) is 5.29. The third-order valence-corrected chi connectivity index (χ3v) is 5.20. The first-order valence-electron chi connectivity index (χ1n) is 8.32. The highest BCUT2D eigenvalue weighted by Gasteiger charge is 2.33. The zero-order valence-electron chi connectivity index (χ0n) is 14.7. The summed E-state index contributed by atoms with van der Waals surface area (Å²) in [6.07, 6.45) is -1.42. The Bertz CT molecular complexity index is 584. The molecular formula is C18H27ClN2O3. The van der Waals surface area contributed by atoms with Crippen molar-refractivity contribution < 1.29 is 15.0 Å². The minimum absolute atomic E-state index is 0.00835. The van der Waals surface area contributed by atoms with Gasteiger partial charge in [0.2, 0.25) is 0 Å². The van der Waals surface area contributed by atoms with E-state index in [0.717, 1.165) is 5.56 Å². The monoisotopic (exact) mass is 354 g/mol. The van der Waals surface area contributed by atoms with E-state index in [4.69, 9.17) is 11.6 Å². The number of aliphatic hydroxyl groups is 2. The second-order valence-electron chi connectivity index (χ2n) is 7.04. The number of likely N-dealkylation sites (tertiary alicyclic amines) is 1. The highest BCUT2D eigenvalue weighted by Crippen LogP contribution is 2.21. The smallest absolute Gasteiger partial charge is 0.253 e. The first-order chi connectivity index (χ1) is 11.2. The van der Waals surface area contributed by atoms with Crippen molar-refractivity contribution in [1.82, 2.24) is 9.80 Å². The third kappa shape index (κ3) is 4.28. The summed E-state index contributed by atoms with van der Waals surface area (Å²) in [7, 11) is 1.81. The lowest BCUT2D eigenvalue weighted by molar-refractivity contribution is 0.0572. The molecule has 1 fully saturated rings. The number of hydrogen-bond acceptors (Lipinski definition) is 4. The maximum Gasteiger partial charge on any atom is 0.253 e. The Balaban J connectivity index is 2.11. The van der Waals surface area contributed by atoms with Crippen LogP contribution in [0.1, 0.15) is 29.8 Å².